The first-order valence-electron chi connectivity index (χ1n) is 5.57. The lowest BCUT2D eigenvalue weighted by Gasteiger charge is -2.12. The Bertz CT molecular complexity index is 656. The van der Waals surface area contributed by atoms with E-state index in [2.05, 4.69) is 0 Å². The molecule has 0 aliphatic carbocycles. The summed E-state index contributed by atoms with van der Waals surface area (Å²) in [5.74, 6) is -0.643. The Balaban J connectivity index is 2.47. The van der Waals surface area contributed by atoms with Crippen LogP contribution in [0.5, 0.6) is 5.75 Å². The molecule has 0 aliphatic heterocycles. The molecule has 0 radical (unpaired) electrons. The number of hydrogen-bond acceptors (Lipinski definition) is 2. The van der Waals surface area contributed by atoms with Crippen LogP contribution in [0.3, 0.4) is 0 Å². The summed E-state index contributed by atoms with van der Waals surface area (Å²) in [5.41, 5.74) is 1.28. The van der Waals surface area contributed by atoms with Crippen molar-refractivity contribution >= 4 is 40.8 Å². The van der Waals surface area contributed by atoms with Crippen LogP contribution in [0, 0.1) is 0 Å². The molecule has 0 aliphatic rings. The fourth-order valence-corrected chi connectivity index (χ4v) is 2.33. The number of para-hydroxylation sites is 1. The smallest absolute Gasteiger partial charge is 0.341 e. The van der Waals surface area contributed by atoms with Crippen molar-refractivity contribution in [1.82, 2.24) is 0 Å². The molecule has 0 aromatic heterocycles. The van der Waals surface area contributed by atoms with Crippen molar-refractivity contribution in [2.45, 2.75) is 0 Å². The molecule has 104 valence electrons. The van der Waals surface area contributed by atoms with Gasteiger partial charge in [-0.25, -0.2) is 4.79 Å². The maximum absolute atomic E-state index is 10.6. The minimum atomic E-state index is -1.06. The fraction of sp³-hybridized carbons (Fsp3) is 0.0714. The normalized spacial score (nSPS) is 10.3. The predicted octanol–water partition coefficient (Wildman–Crippen LogP) is 4.78. The molecule has 20 heavy (non-hydrogen) atoms. The van der Waals surface area contributed by atoms with Crippen LogP contribution in [0.25, 0.3) is 11.1 Å². The fourth-order valence-electron chi connectivity index (χ4n) is 1.68. The van der Waals surface area contributed by atoms with E-state index in [-0.39, 0.29) is 0 Å². The second kappa shape index (κ2) is 6.35. The van der Waals surface area contributed by atoms with Crippen molar-refractivity contribution < 1.29 is 14.6 Å². The van der Waals surface area contributed by atoms with Crippen molar-refractivity contribution in [3.05, 3.63) is 51.5 Å². The van der Waals surface area contributed by atoms with Crippen molar-refractivity contribution in [2.24, 2.45) is 0 Å². The monoisotopic (exact) mass is 330 g/mol. The van der Waals surface area contributed by atoms with E-state index >= 15 is 0 Å². The second-order valence-corrected chi connectivity index (χ2v) is 5.15. The van der Waals surface area contributed by atoms with Crippen LogP contribution < -0.4 is 4.74 Å². The summed E-state index contributed by atoms with van der Waals surface area (Å²) in [6.45, 7) is -0.435. The molecule has 0 amide bonds. The van der Waals surface area contributed by atoms with Gasteiger partial charge in [-0.2, -0.15) is 0 Å². The van der Waals surface area contributed by atoms with Crippen molar-refractivity contribution in [3.63, 3.8) is 0 Å². The van der Waals surface area contributed by atoms with Gasteiger partial charge in [-0.05, 0) is 18.2 Å². The predicted molar refractivity (Wildman–Crippen MR) is 80.0 cm³/mol. The average Bonchev–Trinajstić information content (AvgIpc) is 2.41. The zero-order valence-electron chi connectivity index (χ0n) is 10.1. The Morgan fingerprint density at radius 3 is 2.35 bits per heavy atom. The molecule has 0 spiro atoms. The first kappa shape index (κ1) is 15.0. The first-order valence-corrected chi connectivity index (χ1v) is 6.71. The molecular weight excluding hydrogens is 323 g/mol. The van der Waals surface area contributed by atoms with Crippen LogP contribution in [0.1, 0.15) is 0 Å². The van der Waals surface area contributed by atoms with Gasteiger partial charge in [0.2, 0.25) is 0 Å². The molecule has 0 atom stereocenters. The lowest BCUT2D eigenvalue weighted by molar-refractivity contribution is -0.139. The maximum atomic E-state index is 10.6. The highest BCUT2D eigenvalue weighted by Crippen LogP contribution is 2.39. The van der Waals surface area contributed by atoms with E-state index in [0.717, 1.165) is 0 Å². The van der Waals surface area contributed by atoms with Gasteiger partial charge >= 0.3 is 5.97 Å². The van der Waals surface area contributed by atoms with Gasteiger partial charge in [0.25, 0.3) is 0 Å². The minimum absolute atomic E-state index is 0.351. The van der Waals surface area contributed by atoms with Gasteiger partial charge in [-0.3, -0.25) is 0 Å². The van der Waals surface area contributed by atoms with Gasteiger partial charge in [0, 0.05) is 11.1 Å². The second-order valence-electron chi connectivity index (χ2n) is 3.92. The highest BCUT2D eigenvalue weighted by molar-refractivity contribution is 6.44. The summed E-state index contributed by atoms with van der Waals surface area (Å²) in [4.78, 5) is 10.6. The molecule has 0 fully saturated rings. The van der Waals surface area contributed by atoms with Gasteiger partial charge in [0.15, 0.2) is 6.61 Å². The highest BCUT2D eigenvalue weighted by atomic mass is 35.5. The van der Waals surface area contributed by atoms with Gasteiger partial charge in [0.1, 0.15) is 5.75 Å². The van der Waals surface area contributed by atoms with E-state index in [1.54, 1.807) is 30.3 Å². The number of hydrogen-bond donors (Lipinski definition) is 1. The molecule has 0 bridgehead atoms. The molecule has 1 N–H and O–H groups in total. The van der Waals surface area contributed by atoms with E-state index < -0.39 is 12.6 Å². The number of aliphatic carboxylic acids is 1. The summed E-state index contributed by atoms with van der Waals surface area (Å²) in [7, 11) is 0. The summed E-state index contributed by atoms with van der Waals surface area (Å²) < 4.78 is 5.24. The average molecular weight is 332 g/mol. The van der Waals surface area contributed by atoms with E-state index in [4.69, 9.17) is 44.6 Å². The molecule has 6 heteroatoms. The van der Waals surface area contributed by atoms with Gasteiger partial charge in [-0.15, -0.1) is 0 Å². The van der Waals surface area contributed by atoms with Crippen LogP contribution in [0.15, 0.2) is 36.4 Å². The quantitative estimate of drug-likeness (QED) is 0.820. The third kappa shape index (κ3) is 3.37. The number of benzene rings is 2. The largest absolute Gasteiger partial charge is 0.481 e. The van der Waals surface area contributed by atoms with Crippen LogP contribution in [0.2, 0.25) is 15.1 Å². The number of carbonyl (C=O) groups is 1. The van der Waals surface area contributed by atoms with Gasteiger partial charge in [-0.1, -0.05) is 53.0 Å². The molecule has 0 saturated heterocycles. The Morgan fingerprint density at radius 1 is 1.00 bits per heavy atom. The minimum Gasteiger partial charge on any atom is -0.481 e. The van der Waals surface area contributed by atoms with Crippen LogP contribution in [0.4, 0.5) is 0 Å². The highest BCUT2D eigenvalue weighted by Gasteiger charge is 2.13. The summed E-state index contributed by atoms with van der Waals surface area (Å²) in [6, 6.07) is 10.1. The molecule has 0 heterocycles. The zero-order valence-corrected chi connectivity index (χ0v) is 12.3. The van der Waals surface area contributed by atoms with Crippen molar-refractivity contribution in [3.8, 4) is 16.9 Å². The Morgan fingerprint density at radius 2 is 1.65 bits per heavy atom. The zero-order chi connectivity index (χ0) is 14.7. The van der Waals surface area contributed by atoms with E-state index in [0.29, 0.717) is 31.9 Å². The van der Waals surface area contributed by atoms with E-state index in [1.807, 2.05) is 0 Å². The topological polar surface area (TPSA) is 46.5 Å². The van der Waals surface area contributed by atoms with E-state index in [9.17, 15) is 4.79 Å². The molecule has 0 saturated carbocycles. The van der Waals surface area contributed by atoms with Crippen molar-refractivity contribution in [1.29, 1.82) is 0 Å². The molecule has 2 aromatic rings. The third-order valence-electron chi connectivity index (χ3n) is 2.54. The Labute approximate surface area is 130 Å². The Kier molecular flexibility index (Phi) is 4.76. The lowest BCUT2D eigenvalue weighted by Crippen LogP contribution is -2.09. The first-order chi connectivity index (χ1) is 9.49. The standard InChI is InChI=1S/C14H9Cl3O3/c15-10-6-12(17)11(16)5-9(10)8-3-1-2-4-13(8)20-7-14(18)19/h1-6H,7H2,(H,18,19). The maximum Gasteiger partial charge on any atom is 0.341 e. The number of carboxylic acids is 1. The third-order valence-corrected chi connectivity index (χ3v) is 3.57. The molecule has 2 rings (SSSR count). The summed E-state index contributed by atoms with van der Waals surface area (Å²) in [5, 5.41) is 9.80. The van der Waals surface area contributed by atoms with Crippen LogP contribution >= 0.6 is 34.8 Å². The SMILES string of the molecule is O=C(O)COc1ccccc1-c1cc(Cl)c(Cl)cc1Cl. The van der Waals surface area contributed by atoms with Gasteiger partial charge in [0.05, 0.1) is 15.1 Å². The van der Waals surface area contributed by atoms with Crippen LogP contribution in [-0.4, -0.2) is 17.7 Å². The number of rotatable bonds is 4. The number of halogens is 3. The van der Waals surface area contributed by atoms with Gasteiger partial charge < -0.3 is 9.84 Å². The summed E-state index contributed by atoms with van der Waals surface area (Å²) >= 11 is 18.0. The van der Waals surface area contributed by atoms with Crippen LogP contribution in [-0.2, 0) is 4.79 Å². The Hall–Kier alpha value is -1.42. The molecule has 3 nitrogen and oxygen atoms in total. The number of ether oxygens (including phenoxy) is 1. The molecular formula is C14H9Cl3O3. The number of carboxylic acid groups (broad SMARTS) is 1. The van der Waals surface area contributed by atoms with Crippen molar-refractivity contribution in [2.75, 3.05) is 6.61 Å². The lowest BCUT2D eigenvalue weighted by atomic mass is 10.0. The molecule has 2 aromatic carbocycles. The summed E-state index contributed by atoms with van der Waals surface area (Å²) in [6.07, 6.45) is 0. The molecule has 0 unspecified atom stereocenters. The van der Waals surface area contributed by atoms with E-state index in [1.165, 1.54) is 6.07 Å².